The second kappa shape index (κ2) is 16.5. The predicted octanol–water partition coefficient (Wildman–Crippen LogP) is 4.72. The van der Waals surface area contributed by atoms with Crippen LogP contribution < -0.4 is 5.32 Å². The van der Waals surface area contributed by atoms with Gasteiger partial charge in [0.2, 0.25) is 17.7 Å². The molecule has 0 aliphatic carbocycles. The van der Waals surface area contributed by atoms with Crippen LogP contribution in [0.15, 0.2) is 86.0 Å². The van der Waals surface area contributed by atoms with E-state index < -0.39 is 53.6 Å². The Hall–Kier alpha value is -3.80. The maximum absolute atomic E-state index is 14.9. The van der Waals surface area contributed by atoms with E-state index in [1.807, 2.05) is 74.5 Å². The molecule has 3 heterocycles. The molecule has 3 fully saturated rings. The predicted molar refractivity (Wildman–Crippen MR) is 193 cm³/mol. The van der Waals surface area contributed by atoms with Crippen LogP contribution >= 0.6 is 15.9 Å². The van der Waals surface area contributed by atoms with Gasteiger partial charge in [0.25, 0.3) is 0 Å². The third-order valence-electron chi connectivity index (χ3n) is 10.4. The number of allylic oxidation sites excluding steroid dienone is 1. The number of alkyl halides is 1. The largest absolute Gasteiger partial charge is 0.455 e. The molecule has 50 heavy (non-hydrogen) atoms. The van der Waals surface area contributed by atoms with Gasteiger partial charge in [-0.3, -0.25) is 19.2 Å². The van der Waals surface area contributed by atoms with Gasteiger partial charge in [-0.15, -0.1) is 13.2 Å². The van der Waals surface area contributed by atoms with Crippen LogP contribution in [0.3, 0.4) is 0 Å². The summed E-state index contributed by atoms with van der Waals surface area (Å²) in [7, 11) is 0. The molecule has 10 nitrogen and oxygen atoms in total. The second-order valence-corrected chi connectivity index (χ2v) is 14.7. The number of likely N-dealkylation sites (tertiary alicyclic amines) is 1. The summed E-state index contributed by atoms with van der Waals surface area (Å²) in [6.45, 7) is 11.7. The Balaban J connectivity index is 1.51. The molecule has 3 amide bonds. The fourth-order valence-corrected chi connectivity index (χ4v) is 8.74. The first-order valence-electron chi connectivity index (χ1n) is 17.4. The third kappa shape index (κ3) is 7.31. The monoisotopic (exact) mass is 749 g/mol. The van der Waals surface area contributed by atoms with Crippen LogP contribution in [0.1, 0.15) is 56.8 Å². The van der Waals surface area contributed by atoms with Gasteiger partial charge in [-0.1, -0.05) is 109 Å². The Kier molecular flexibility index (Phi) is 12.3. The standard InChI is InChI=1S/C39H48BrN3O7/c1-5-8-19-31(45)41-22-30(27-17-13-10-14-18-27)49-38(48)32-33-36(46)43(29(24-44)25(4)7-3)35(39(33)21-28(40)34(32)50-39)37(47)42(20-6-2)23-26-15-11-9-12-16-26/h5-6,9-18,25,28-30,32-35,44H,1-2,7-8,19-24H2,3-4H3,(H,41,45)/t25-,28?,29-,30-,32+,33-,34+,35+,39-/m0/s1. The van der Waals surface area contributed by atoms with E-state index >= 15 is 0 Å². The lowest BCUT2D eigenvalue weighted by Gasteiger charge is -2.41. The van der Waals surface area contributed by atoms with E-state index in [0.29, 0.717) is 24.8 Å². The molecule has 0 radical (unpaired) electrons. The molecule has 9 atom stereocenters. The van der Waals surface area contributed by atoms with E-state index in [9.17, 15) is 24.3 Å². The summed E-state index contributed by atoms with van der Waals surface area (Å²) < 4.78 is 12.9. The number of nitrogens with one attached hydrogen (secondary N) is 1. The van der Waals surface area contributed by atoms with E-state index in [4.69, 9.17) is 9.47 Å². The number of rotatable bonds is 17. The average molecular weight is 751 g/mol. The van der Waals surface area contributed by atoms with E-state index in [-0.39, 0.29) is 55.2 Å². The zero-order valence-electron chi connectivity index (χ0n) is 28.8. The fourth-order valence-electron chi connectivity index (χ4n) is 7.79. The van der Waals surface area contributed by atoms with E-state index in [1.54, 1.807) is 17.1 Å². The van der Waals surface area contributed by atoms with Crippen molar-refractivity contribution in [2.45, 2.75) is 80.8 Å². The Bertz CT molecular complexity index is 1540. The summed E-state index contributed by atoms with van der Waals surface area (Å²) >= 11 is 3.74. The van der Waals surface area contributed by atoms with Crippen molar-refractivity contribution in [2.24, 2.45) is 17.8 Å². The molecular weight excluding hydrogens is 702 g/mol. The number of esters is 1. The van der Waals surface area contributed by atoms with Crippen molar-refractivity contribution >= 4 is 39.6 Å². The van der Waals surface area contributed by atoms with Crippen molar-refractivity contribution in [2.75, 3.05) is 19.7 Å². The zero-order chi connectivity index (χ0) is 36.0. The molecular formula is C39H48BrN3O7. The minimum Gasteiger partial charge on any atom is -0.455 e. The Morgan fingerprint density at radius 2 is 1.82 bits per heavy atom. The number of hydrogen-bond acceptors (Lipinski definition) is 7. The lowest BCUT2D eigenvalue weighted by atomic mass is 9.70. The number of amides is 3. The highest BCUT2D eigenvalue weighted by atomic mass is 79.9. The summed E-state index contributed by atoms with van der Waals surface area (Å²) in [5.41, 5.74) is 0.257. The van der Waals surface area contributed by atoms with Crippen LogP contribution in [-0.2, 0) is 35.2 Å². The summed E-state index contributed by atoms with van der Waals surface area (Å²) in [6.07, 6.45) is 3.49. The maximum Gasteiger partial charge on any atom is 0.313 e. The smallest absolute Gasteiger partial charge is 0.313 e. The highest BCUT2D eigenvalue weighted by Gasteiger charge is 2.77. The first-order chi connectivity index (χ1) is 24.1. The molecule has 5 rings (SSSR count). The third-order valence-corrected chi connectivity index (χ3v) is 11.3. The first-order valence-corrected chi connectivity index (χ1v) is 18.3. The number of aliphatic hydroxyl groups excluding tert-OH is 1. The molecule has 3 aliphatic rings. The van der Waals surface area contributed by atoms with Gasteiger partial charge in [-0.25, -0.2) is 0 Å². The van der Waals surface area contributed by atoms with Crippen molar-refractivity contribution in [3.8, 4) is 0 Å². The normalized spacial score (nSPS) is 26.8. The summed E-state index contributed by atoms with van der Waals surface area (Å²) in [5, 5.41) is 13.6. The van der Waals surface area contributed by atoms with Crippen LogP contribution in [-0.4, -0.2) is 86.9 Å². The number of fused-ring (bicyclic) bond motifs is 1. The molecule has 11 heteroatoms. The topological polar surface area (TPSA) is 125 Å². The SMILES string of the molecule is C=CCCC(=O)NC[C@H](OC(=O)[C@H]1[C@@H]2O[C@@]3(CC2Br)[C@@H]1C(=O)N([C@@H](CO)[C@@H](C)CC)[C@@H]3C(=O)N(CC=C)Cc1ccccc1)c1ccccc1. The highest BCUT2D eigenvalue weighted by Crippen LogP contribution is 2.61. The number of carbonyl (C=O) groups is 4. The number of ether oxygens (including phenoxy) is 2. The molecule has 3 aliphatic heterocycles. The number of benzene rings is 2. The van der Waals surface area contributed by atoms with Crippen molar-refractivity contribution in [1.29, 1.82) is 0 Å². The van der Waals surface area contributed by atoms with Crippen molar-refractivity contribution in [3.63, 3.8) is 0 Å². The average Bonchev–Trinajstić information content (AvgIpc) is 3.72. The van der Waals surface area contributed by atoms with Crippen molar-refractivity contribution < 1.29 is 33.8 Å². The molecule has 2 bridgehead atoms. The minimum absolute atomic E-state index is 0.0370. The Morgan fingerprint density at radius 3 is 2.44 bits per heavy atom. The first kappa shape index (κ1) is 37.5. The molecule has 268 valence electrons. The van der Waals surface area contributed by atoms with Crippen LogP contribution in [0.2, 0.25) is 0 Å². The van der Waals surface area contributed by atoms with Crippen LogP contribution in [0.4, 0.5) is 0 Å². The quantitative estimate of drug-likeness (QED) is 0.136. The van der Waals surface area contributed by atoms with Gasteiger partial charge in [0.05, 0.1) is 37.1 Å². The lowest BCUT2D eigenvalue weighted by Crippen LogP contribution is -2.59. The van der Waals surface area contributed by atoms with Gasteiger partial charge >= 0.3 is 5.97 Å². The zero-order valence-corrected chi connectivity index (χ0v) is 30.4. The van der Waals surface area contributed by atoms with Crippen molar-refractivity contribution in [1.82, 2.24) is 15.1 Å². The fraction of sp³-hybridized carbons (Fsp3) is 0.487. The number of halogens is 1. The Morgan fingerprint density at radius 1 is 1.14 bits per heavy atom. The van der Waals surface area contributed by atoms with Crippen molar-refractivity contribution in [3.05, 3.63) is 97.1 Å². The number of carbonyl (C=O) groups excluding carboxylic acids is 4. The van der Waals surface area contributed by atoms with E-state index in [2.05, 4.69) is 34.4 Å². The van der Waals surface area contributed by atoms with Gasteiger partial charge in [0.15, 0.2) is 0 Å². The number of aliphatic hydroxyl groups is 1. The molecule has 2 aromatic carbocycles. The molecule has 0 aromatic heterocycles. The summed E-state index contributed by atoms with van der Waals surface area (Å²) in [5.74, 6) is -3.76. The van der Waals surface area contributed by atoms with Gasteiger partial charge in [-0.2, -0.15) is 0 Å². The molecule has 1 unspecified atom stereocenters. The van der Waals surface area contributed by atoms with Crippen LogP contribution in [0.5, 0.6) is 0 Å². The summed E-state index contributed by atoms with van der Waals surface area (Å²) in [6, 6.07) is 16.9. The Labute approximate surface area is 303 Å². The maximum atomic E-state index is 14.9. The van der Waals surface area contributed by atoms with Gasteiger partial charge in [0.1, 0.15) is 17.7 Å². The molecule has 1 spiro atoms. The molecule has 2 N–H and O–H groups in total. The molecule has 3 saturated heterocycles. The highest BCUT2D eigenvalue weighted by molar-refractivity contribution is 9.09. The van der Waals surface area contributed by atoms with Gasteiger partial charge in [0, 0.05) is 24.3 Å². The summed E-state index contributed by atoms with van der Waals surface area (Å²) in [4.78, 5) is 59.4. The minimum atomic E-state index is -1.34. The molecule has 2 aromatic rings. The van der Waals surface area contributed by atoms with Gasteiger partial charge < -0.3 is 29.7 Å². The van der Waals surface area contributed by atoms with Crippen LogP contribution in [0, 0.1) is 17.8 Å². The second-order valence-electron chi connectivity index (χ2n) is 13.5. The van der Waals surface area contributed by atoms with Gasteiger partial charge in [-0.05, 0) is 29.9 Å². The van der Waals surface area contributed by atoms with Crippen LogP contribution in [0.25, 0.3) is 0 Å². The lowest BCUT2D eigenvalue weighted by molar-refractivity contribution is -0.161. The number of hydrogen-bond donors (Lipinski definition) is 2. The number of nitrogens with zero attached hydrogens (tertiary/aromatic N) is 2. The molecule has 0 saturated carbocycles. The van der Waals surface area contributed by atoms with E-state index in [1.165, 1.54) is 4.90 Å². The van der Waals surface area contributed by atoms with E-state index in [0.717, 1.165) is 5.56 Å².